The highest BCUT2D eigenvalue weighted by molar-refractivity contribution is 14.1. The number of aliphatic hydroxyl groups is 1. The number of hydrogen-bond donors (Lipinski definition) is 1. The van der Waals surface area contributed by atoms with E-state index in [1.54, 1.807) is 11.4 Å². The minimum Gasteiger partial charge on any atom is -0.392 e. The van der Waals surface area contributed by atoms with Gasteiger partial charge in [-0.05, 0) is 45.7 Å². The van der Waals surface area contributed by atoms with Crippen molar-refractivity contribution in [3.63, 3.8) is 0 Å². The second kappa shape index (κ2) is 3.51. The molecule has 0 aliphatic carbocycles. The zero-order valence-electron chi connectivity index (χ0n) is 6.55. The van der Waals surface area contributed by atoms with Gasteiger partial charge in [0.2, 0.25) is 0 Å². The number of aliphatic hydroxyl groups excluding tert-OH is 1. The van der Waals surface area contributed by atoms with Crippen LogP contribution in [-0.4, -0.2) is 5.11 Å². The molecule has 4 heteroatoms. The fourth-order valence-corrected chi connectivity index (χ4v) is 3.06. The standard InChI is InChI=1S/C9H6FIOS/c10-6-1-2-7(11)9-8(6)5(3-12)4-13-9/h1-2,4,12H,3H2. The second-order valence-electron chi connectivity index (χ2n) is 2.65. The molecule has 0 fully saturated rings. The highest BCUT2D eigenvalue weighted by atomic mass is 127. The van der Waals surface area contributed by atoms with Crippen LogP contribution in [0.3, 0.4) is 0 Å². The predicted molar refractivity (Wildman–Crippen MR) is 60.4 cm³/mol. The van der Waals surface area contributed by atoms with Crippen LogP contribution in [0.4, 0.5) is 4.39 Å². The summed E-state index contributed by atoms with van der Waals surface area (Å²) < 4.78 is 15.3. The molecule has 0 radical (unpaired) electrons. The Morgan fingerprint density at radius 2 is 2.23 bits per heavy atom. The summed E-state index contributed by atoms with van der Waals surface area (Å²) in [7, 11) is 0. The molecule has 0 bridgehead atoms. The lowest BCUT2D eigenvalue weighted by atomic mass is 10.2. The van der Waals surface area contributed by atoms with Crippen LogP contribution in [-0.2, 0) is 6.61 Å². The van der Waals surface area contributed by atoms with Gasteiger partial charge in [-0.2, -0.15) is 0 Å². The van der Waals surface area contributed by atoms with Gasteiger partial charge in [0.05, 0.1) is 11.3 Å². The van der Waals surface area contributed by atoms with E-state index in [0.717, 1.165) is 8.27 Å². The number of halogens is 2. The first-order valence-electron chi connectivity index (χ1n) is 3.69. The fourth-order valence-electron chi connectivity index (χ4n) is 1.25. The van der Waals surface area contributed by atoms with Gasteiger partial charge in [-0.25, -0.2) is 4.39 Å². The van der Waals surface area contributed by atoms with E-state index in [-0.39, 0.29) is 12.4 Å². The van der Waals surface area contributed by atoms with E-state index in [9.17, 15) is 4.39 Å². The molecule has 13 heavy (non-hydrogen) atoms. The summed E-state index contributed by atoms with van der Waals surface area (Å²) in [5.41, 5.74) is 0.677. The first-order chi connectivity index (χ1) is 6.24. The van der Waals surface area contributed by atoms with Crippen LogP contribution in [0.5, 0.6) is 0 Å². The summed E-state index contributed by atoms with van der Waals surface area (Å²) >= 11 is 3.64. The molecule has 0 spiro atoms. The predicted octanol–water partition coefficient (Wildman–Crippen LogP) is 3.14. The van der Waals surface area contributed by atoms with E-state index >= 15 is 0 Å². The monoisotopic (exact) mass is 308 g/mol. The molecule has 0 aliphatic heterocycles. The zero-order chi connectivity index (χ0) is 9.42. The van der Waals surface area contributed by atoms with Gasteiger partial charge in [-0.15, -0.1) is 11.3 Å². The molecule has 0 unspecified atom stereocenters. The topological polar surface area (TPSA) is 20.2 Å². The summed E-state index contributed by atoms with van der Waals surface area (Å²) in [5.74, 6) is -0.249. The van der Waals surface area contributed by atoms with Crippen molar-refractivity contribution < 1.29 is 9.50 Å². The SMILES string of the molecule is OCc1csc2c(I)ccc(F)c12. The van der Waals surface area contributed by atoms with Crippen LogP contribution in [0, 0.1) is 9.39 Å². The molecule has 0 amide bonds. The van der Waals surface area contributed by atoms with Gasteiger partial charge >= 0.3 is 0 Å². The smallest absolute Gasteiger partial charge is 0.132 e. The second-order valence-corrected chi connectivity index (χ2v) is 4.69. The average molecular weight is 308 g/mol. The summed E-state index contributed by atoms with van der Waals surface area (Å²) in [4.78, 5) is 0. The molecule has 0 saturated carbocycles. The zero-order valence-corrected chi connectivity index (χ0v) is 9.52. The van der Waals surface area contributed by atoms with Crippen molar-refractivity contribution >= 4 is 44.0 Å². The van der Waals surface area contributed by atoms with E-state index < -0.39 is 0 Å². The van der Waals surface area contributed by atoms with Crippen LogP contribution >= 0.6 is 33.9 Å². The van der Waals surface area contributed by atoms with Crippen molar-refractivity contribution in [3.05, 3.63) is 32.5 Å². The molecule has 1 heterocycles. The van der Waals surface area contributed by atoms with Crippen LogP contribution in [0.1, 0.15) is 5.56 Å². The minimum absolute atomic E-state index is 0.100. The first kappa shape index (κ1) is 9.36. The average Bonchev–Trinajstić information content (AvgIpc) is 2.56. The summed E-state index contributed by atoms with van der Waals surface area (Å²) in [5, 5.41) is 11.3. The molecule has 0 aliphatic rings. The van der Waals surface area contributed by atoms with Crippen LogP contribution < -0.4 is 0 Å². The Kier molecular flexibility index (Phi) is 2.53. The largest absolute Gasteiger partial charge is 0.392 e. The van der Waals surface area contributed by atoms with Crippen molar-refractivity contribution in [1.29, 1.82) is 0 Å². The third-order valence-corrected chi connectivity index (χ3v) is 4.20. The van der Waals surface area contributed by atoms with Gasteiger partial charge in [-0.3, -0.25) is 0 Å². The van der Waals surface area contributed by atoms with Gasteiger partial charge in [0.15, 0.2) is 0 Å². The van der Waals surface area contributed by atoms with Gasteiger partial charge in [-0.1, -0.05) is 0 Å². The quantitative estimate of drug-likeness (QED) is 0.803. The van der Waals surface area contributed by atoms with Crippen LogP contribution in [0.25, 0.3) is 10.1 Å². The Bertz CT molecular complexity index is 452. The van der Waals surface area contributed by atoms with E-state index in [1.807, 2.05) is 0 Å². The number of rotatable bonds is 1. The van der Waals surface area contributed by atoms with Crippen molar-refractivity contribution in [2.75, 3.05) is 0 Å². The summed E-state index contributed by atoms with van der Waals surface area (Å²) in [6.07, 6.45) is 0. The molecule has 68 valence electrons. The molecule has 1 N–H and O–H groups in total. The minimum atomic E-state index is -0.249. The van der Waals surface area contributed by atoms with E-state index in [0.29, 0.717) is 10.9 Å². The first-order valence-corrected chi connectivity index (χ1v) is 5.65. The lowest BCUT2D eigenvalue weighted by molar-refractivity contribution is 0.283. The number of fused-ring (bicyclic) bond motifs is 1. The lowest BCUT2D eigenvalue weighted by Crippen LogP contribution is -1.84. The Labute approximate surface area is 92.3 Å². The molecule has 2 aromatic rings. The molecular formula is C9H6FIOS. The highest BCUT2D eigenvalue weighted by Crippen LogP contribution is 2.32. The van der Waals surface area contributed by atoms with Crippen LogP contribution in [0.2, 0.25) is 0 Å². The normalized spacial score (nSPS) is 11.0. The molecule has 1 aromatic heterocycles. The molecule has 2 rings (SSSR count). The van der Waals surface area contributed by atoms with E-state index in [1.165, 1.54) is 17.4 Å². The molecule has 0 atom stereocenters. The van der Waals surface area contributed by atoms with E-state index in [2.05, 4.69) is 22.6 Å². The Morgan fingerprint density at radius 3 is 2.92 bits per heavy atom. The van der Waals surface area contributed by atoms with Gasteiger partial charge in [0, 0.05) is 8.96 Å². The van der Waals surface area contributed by atoms with Crippen molar-refractivity contribution in [1.82, 2.24) is 0 Å². The van der Waals surface area contributed by atoms with Crippen LogP contribution in [0.15, 0.2) is 17.5 Å². The Morgan fingerprint density at radius 1 is 1.46 bits per heavy atom. The summed E-state index contributed by atoms with van der Waals surface area (Å²) in [6.45, 7) is -0.100. The highest BCUT2D eigenvalue weighted by Gasteiger charge is 2.10. The molecule has 0 saturated heterocycles. The number of hydrogen-bond acceptors (Lipinski definition) is 2. The Balaban J connectivity index is 2.87. The molecule has 1 nitrogen and oxygen atoms in total. The molecule has 1 aromatic carbocycles. The maximum absolute atomic E-state index is 13.3. The van der Waals surface area contributed by atoms with Gasteiger partial charge in [0.1, 0.15) is 5.82 Å². The lowest BCUT2D eigenvalue weighted by Gasteiger charge is -1.97. The number of thiophene rings is 1. The maximum atomic E-state index is 13.3. The Hall–Kier alpha value is -0.200. The number of benzene rings is 1. The third-order valence-electron chi connectivity index (χ3n) is 1.87. The van der Waals surface area contributed by atoms with Gasteiger partial charge in [0.25, 0.3) is 0 Å². The van der Waals surface area contributed by atoms with E-state index in [4.69, 9.17) is 5.11 Å². The van der Waals surface area contributed by atoms with Crippen molar-refractivity contribution in [2.24, 2.45) is 0 Å². The molecular weight excluding hydrogens is 302 g/mol. The fraction of sp³-hybridized carbons (Fsp3) is 0.111. The van der Waals surface area contributed by atoms with Crippen molar-refractivity contribution in [3.8, 4) is 0 Å². The van der Waals surface area contributed by atoms with Crippen molar-refractivity contribution in [2.45, 2.75) is 6.61 Å². The summed E-state index contributed by atoms with van der Waals surface area (Å²) in [6, 6.07) is 3.19. The third kappa shape index (κ3) is 1.47. The van der Waals surface area contributed by atoms with Gasteiger partial charge < -0.3 is 5.11 Å². The maximum Gasteiger partial charge on any atom is 0.132 e.